The van der Waals surface area contributed by atoms with Crippen molar-refractivity contribution in [2.24, 2.45) is 0 Å². The number of nitrogens with one attached hydrogen (secondary N) is 1. The van der Waals surface area contributed by atoms with Crippen molar-refractivity contribution in [1.29, 1.82) is 0 Å². The van der Waals surface area contributed by atoms with E-state index in [4.69, 9.17) is 4.42 Å². The molecule has 0 aliphatic heterocycles. The van der Waals surface area contributed by atoms with E-state index < -0.39 is 10.0 Å². The molecule has 0 spiro atoms. The topological polar surface area (TPSA) is 72.2 Å². The second kappa shape index (κ2) is 5.34. The molecule has 0 saturated heterocycles. The molecule has 2 heterocycles. The summed E-state index contributed by atoms with van der Waals surface area (Å²) in [5.74, 6) is 0. The van der Waals surface area contributed by atoms with Crippen LogP contribution >= 0.6 is 11.3 Å². The first-order valence-electron chi connectivity index (χ1n) is 6.07. The fourth-order valence-corrected chi connectivity index (χ4v) is 3.23. The number of hydrogen-bond donors (Lipinski definition) is 1. The smallest absolute Gasteiger partial charge is 0.229 e. The van der Waals surface area contributed by atoms with Gasteiger partial charge in [-0.25, -0.2) is 13.4 Å². The average Bonchev–Trinajstić information content (AvgIpc) is 3.09. The molecule has 108 valence electrons. The number of thiazole rings is 1. The van der Waals surface area contributed by atoms with Crippen LogP contribution in [0.2, 0.25) is 0 Å². The van der Waals surface area contributed by atoms with Crippen LogP contribution in [0.25, 0.3) is 21.8 Å². The minimum absolute atomic E-state index is 0.534. The van der Waals surface area contributed by atoms with E-state index in [1.165, 1.54) is 11.3 Å². The summed E-state index contributed by atoms with van der Waals surface area (Å²) in [6.07, 6.45) is 4.39. The highest BCUT2D eigenvalue weighted by molar-refractivity contribution is 7.92. The Morgan fingerprint density at radius 1 is 1.14 bits per heavy atom. The molecule has 0 unspecified atom stereocenters. The second-order valence-electron chi connectivity index (χ2n) is 4.50. The zero-order valence-corrected chi connectivity index (χ0v) is 12.7. The number of anilines is 1. The zero-order chi connectivity index (χ0) is 14.9. The molecule has 3 rings (SSSR count). The minimum Gasteiger partial charge on any atom is -0.472 e. The van der Waals surface area contributed by atoms with Crippen LogP contribution in [0.15, 0.2) is 52.7 Å². The molecular weight excluding hydrogens is 308 g/mol. The van der Waals surface area contributed by atoms with Crippen molar-refractivity contribution in [3.63, 3.8) is 0 Å². The van der Waals surface area contributed by atoms with E-state index in [2.05, 4.69) is 9.71 Å². The maximum Gasteiger partial charge on any atom is 0.229 e. The molecule has 1 aromatic carbocycles. The van der Waals surface area contributed by atoms with E-state index in [0.29, 0.717) is 5.69 Å². The van der Waals surface area contributed by atoms with Gasteiger partial charge in [0.1, 0.15) is 11.3 Å². The van der Waals surface area contributed by atoms with Gasteiger partial charge < -0.3 is 4.42 Å². The molecule has 0 amide bonds. The predicted molar refractivity (Wildman–Crippen MR) is 83.7 cm³/mol. The summed E-state index contributed by atoms with van der Waals surface area (Å²) in [7, 11) is -3.25. The summed E-state index contributed by atoms with van der Waals surface area (Å²) in [6, 6.07) is 8.96. The van der Waals surface area contributed by atoms with Crippen LogP contribution in [0.1, 0.15) is 0 Å². The third-order valence-corrected chi connectivity index (χ3v) is 4.25. The number of nitrogens with zero attached hydrogens (tertiary/aromatic N) is 1. The molecule has 0 radical (unpaired) electrons. The first kappa shape index (κ1) is 13.8. The SMILES string of the molecule is CS(=O)(=O)Nc1ccc(-c2csc(-c3ccoc3)n2)cc1. The van der Waals surface area contributed by atoms with Gasteiger partial charge in [0, 0.05) is 22.2 Å². The lowest BCUT2D eigenvalue weighted by Gasteiger charge is -2.04. The Bertz CT molecular complexity index is 835. The monoisotopic (exact) mass is 320 g/mol. The number of sulfonamides is 1. The van der Waals surface area contributed by atoms with Crippen molar-refractivity contribution in [3.05, 3.63) is 48.2 Å². The van der Waals surface area contributed by atoms with Gasteiger partial charge in [-0.3, -0.25) is 4.72 Å². The fraction of sp³-hybridized carbons (Fsp3) is 0.0714. The van der Waals surface area contributed by atoms with Gasteiger partial charge in [0.05, 0.1) is 18.2 Å². The van der Waals surface area contributed by atoms with Gasteiger partial charge in [-0.1, -0.05) is 12.1 Å². The lowest BCUT2D eigenvalue weighted by atomic mass is 10.1. The fourth-order valence-electron chi connectivity index (χ4n) is 1.85. The lowest BCUT2D eigenvalue weighted by molar-refractivity contribution is 0.568. The molecule has 0 aliphatic rings. The first-order chi connectivity index (χ1) is 10.0. The maximum atomic E-state index is 11.2. The second-order valence-corrected chi connectivity index (χ2v) is 7.11. The highest BCUT2D eigenvalue weighted by atomic mass is 32.2. The Kier molecular flexibility index (Phi) is 3.52. The highest BCUT2D eigenvalue weighted by Gasteiger charge is 2.08. The number of benzene rings is 1. The van der Waals surface area contributed by atoms with E-state index in [-0.39, 0.29) is 0 Å². The molecule has 1 N–H and O–H groups in total. The molecule has 0 atom stereocenters. The molecule has 7 heteroatoms. The van der Waals surface area contributed by atoms with Crippen LogP contribution in [-0.2, 0) is 10.0 Å². The Labute approximate surface area is 126 Å². The zero-order valence-electron chi connectivity index (χ0n) is 11.1. The summed E-state index contributed by atoms with van der Waals surface area (Å²) in [5, 5.41) is 2.85. The Hall–Kier alpha value is -2.12. The van der Waals surface area contributed by atoms with E-state index in [1.807, 2.05) is 23.6 Å². The number of aromatic nitrogens is 1. The van der Waals surface area contributed by atoms with Crippen molar-refractivity contribution < 1.29 is 12.8 Å². The summed E-state index contributed by atoms with van der Waals surface area (Å²) in [4.78, 5) is 4.55. The van der Waals surface area contributed by atoms with Gasteiger partial charge in [0.25, 0.3) is 0 Å². The van der Waals surface area contributed by atoms with E-state index in [0.717, 1.165) is 28.1 Å². The molecular formula is C14H12N2O3S2. The normalized spacial score (nSPS) is 11.5. The van der Waals surface area contributed by atoms with Crippen LogP contribution in [-0.4, -0.2) is 19.7 Å². The molecule has 0 bridgehead atoms. The van der Waals surface area contributed by atoms with E-state index >= 15 is 0 Å². The molecule has 5 nitrogen and oxygen atoms in total. The third-order valence-electron chi connectivity index (χ3n) is 2.76. The summed E-state index contributed by atoms with van der Waals surface area (Å²) < 4.78 is 29.8. The van der Waals surface area contributed by atoms with Gasteiger partial charge >= 0.3 is 0 Å². The van der Waals surface area contributed by atoms with Crippen LogP contribution in [0, 0.1) is 0 Å². The lowest BCUT2D eigenvalue weighted by Crippen LogP contribution is -2.09. The van der Waals surface area contributed by atoms with Gasteiger partial charge in [-0.05, 0) is 18.2 Å². The van der Waals surface area contributed by atoms with Crippen LogP contribution < -0.4 is 4.72 Å². The average molecular weight is 320 g/mol. The van der Waals surface area contributed by atoms with Crippen LogP contribution in [0.3, 0.4) is 0 Å². The van der Waals surface area contributed by atoms with Crippen molar-refractivity contribution >= 4 is 27.0 Å². The number of hydrogen-bond acceptors (Lipinski definition) is 5. The molecule has 0 saturated carbocycles. The Morgan fingerprint density at radius 3 is 2.52 bits per heavy atom. The standard InChI is InChI=1S/C14H12N2O3S2/c1-21(17,18)16-12-4-2-10(3-5-12)13-9-20-14(15-13)11-6-7-19-8-11/h2-9,16H,1H3. The quantitative estimate of drug-likeness (QED) is 0.799. The first-order valence-corrected chi connectivity index (χ1v) is 8.85. The third kappa shape index (κ3) is 3.32. The molecule has 21 heavy (non-hydrogen) atoms. The summed E-state index contributed by atoms with van der Waals surface area (Å²) in [6.45, 7) is 0. The summed E-state index contributed by atoms with van der Waals surface area (Å²) in [5.41, 5.74) is 3.26. The van der Waals surface area contributed by atoms with Crippen molar-refractivity contribution in [2.75, 3.05) is 11.0 Å². The van der Waals surface area contributed by atoms with Gasteiger partial charge in [-0.15, -0.1) is 11.3 Å². The van der Waals surface area contributed by atoms with Crippen molar-refractivity contribution in [1.82, 2.24) is 4.98 Å². The van der Waals surface area contributed by atoms with Crippen molar-refractivity contribution in [3.8, 4) is 21.8 Å². The minimum atomic E-state index is -3.25. The maximum absolute atomic E-state index is 11.2. The van der Waals surface area contributed by atoms with E-state index in [1.54, 1.807) is 24.7 Å². The highest BCUT2D eigenvalue weighted by Crippen LogP contribution is 2.29. The van der Waals surface area contributed by atoms with Gasteiger partial charge in [0.2, 0.25) is 10.0 Å². The Morgan fingerprint density at radius 2 is 1.90 bits per heavy atom. The largest absolute Gasteiger partial charge is 0.472 e. The van der Waals surface area contributed by atoms with Crippen LogP contribution in [0.5, 0.6) is 0 Å². The van der Waals surface area contributed by atoms with Gasteiger partial charge in [0.15, 0.2) is 0 Å². The predicted octanol–water partition coefficient (Wildman–Crippen LogP) is 3.44. The molecule has 0 fully saturated rings. The van der Waals surface area contributed by atoms with Crippen LogP contribution in [0.4, 0.5) is 5.69 Å². The van der Waals surface area contributed by atoms with Crippen molar-refractivity contribution in [2.45, 2.75) is 0 Å². The molecule has 2 aromatic heterocycles. The molecule has 3 aromatic rings. The number of furan rings is 1. The number of rotatable bonds is 4. The van der Waals surface area contributed by atoms with Gasteiger partial charge in [-0.2, -0.15) is 0 Å². The van der Waals surface area contributed by atoms with E-state index in [9.17, 15) is 8.42 Å². The molecule has 0 aliphatic carbocycles. The summed E-state index contributed by atoms with van der Waals surface area (Å²) >= 11 is 1.53. The Balaban J connectivity index is 1.84.